The van der Waals surface area contributed by atoms with Gasteiger partial charge in [0.25, 0.3) is 0 Å². The highest BCUT2D eigenvalue weighted by molar-refractivity contribution is 7.98. The summed E-state index contributed by atoms with van der Waals surface area (Å²) in [5, 5.41) is 6.48. The fraction of sp³-hybridized carbons (Fsp3) is 0.150. The average molecular weight is 346 g/mol. The van der Waals surface area contributed by atoms with Crippen molar-refractivity contribution in [3.05, 3.63) is 77.7 Å². The lowest BCUT2D eigenvalue weighted by Crippen LogP contribution is -1.98. The molecule has 0 radical (unpaired) electrons. The molecule has 0 amide bonds. The summed E-state index contributed by atoms with van der Waals surface area (Å²) >= 11 is 1.72. The molecule has 4 nitrogen and oxygen atoms in total. The van der Waals surface area contributed by atoms with Crippen LogP contribution in [0.4, 0.5) is 0 Å². The maximum Gasteiger partial charge on any atom is 0.167 e. The Hall–Kier alpha value is -2.66. The van der Waals surface area contributed by atoms with Gasteiger partial charge < -0.3 is 0 Å². The van der Waals surface area contributed by atoms with Crippen LogP contribution in [0.15, 0.2) is 66.1 Å². The van der Waals surface area contributed by atoms with Gasteiger partial charge in [-0.3, -0.25) is 0 Å². The predicted molar refractivity (Wildman–Crippen MR) is 102 cm³/mol. The normalized spacial score (nSPS) is 11.1. The summed E-state index contributed by atoms with van der Waals surface area (Å²) < 4.78 is 1.87. The van der Waals surface area contributed by atoms with Crippen LogP contribution in [0.25, 0.3) is 16.7 Å². The second kappa shape index (κ2) is 6.69. The van der Waals surface area contributed by atoms with E-state index in [1.807, 2.05) is 10.9 Å². The third kappa shape index (κ3) is 3.15. The summed E-state index contributed by atoms with van der Waals surface area (Å²) in [7, 11) is 0. The molecule has 2 aromatic heterocycles. The Balaban J connectivity index is 1.67. The smallest absolute Gasteiger partial charge is 0.167 e. The van der Waals surface area contributed by atoms with Crippen LogP contribution in [0.5, 0.6) is 0 Å². The van der Waals surface area contributed by atoms with E-state index in [-0.39, 0.29) is 0 Å². The van der Waals surface area contributed by atoms with Crippen molar-refractivity contribution in [1.82, 2.24) is 19.7 Å². The zero-order valence-corrected chi connectivity index (χ0v) is 15.0. The first kappa shape index (κ1) is 15.8. The van der Waals surface area contributed by atoms with Crippen molar-refractivity contribution >= 4 is 22.8 Å². The molecule has 0 aliphatic carbocycles. The highest BCUT2D eigenvalue weighted by atomic mass is 32.2. The molecule has 5 heteroatoms. The van der Waals surface area contributed by atoms with E-state index in [9.17, 15) is 0 Å². The third-order valence-corrected chi connectivity index (χ3v) is 5.29. The van der Waals surface area contributed by atoms with Crippen LogP contribution in [-0.4, -0.2) is 19.7 Å². The molecular weight excluding hydrogens is 328 g/mol. The van der Waals surface area contributed by atoms with Crippen LogP contribution in [-0.2, 0) is 5.75 Å². The first-order chi connectivity index (χ1) is 12.2. The minimum Gasteiger partial charge on any atom is -0.229 e. The molecule has 0 spiro atoms. The molecule has 0 N–H and O–H groups in total. The van der Waals surface area contributed by atoms with Crippen LogP contribution in [0, 0.1) is 13.8 Å². The van der Waals surface area contributed by atoms with Gasteiger partial charge in [-0.1, -0.05) is 42.0 Å². The highest BCUT2D eigenvalue weighted by Gasteiger charge is 2.12. The van der Waals surface area contributed by atoms with E-state index in [2.05, 4.69) is 77.4 Å². The van der Waals surface area contributed by atoms with E-state index in [0.29, 0.717) is 0 Å². The van der Waals surface area contributed by atoms with Crippen molar-refractivity contribution in [3.63, 3.8) is 0 Å². The number of nitrogens with zero attached hydrogens (tertiary/aromatic N) is 4. The van der Waals surface area contributed by atoms with Crippen molar-refractivity contribution in [2.24, 2.45) is 0 Å². The molecule has 4 rings (SSSR count). The van der Waals surface area contributed by atoms with E-state index in [1.54, 1.807) is 18.1 Å². The number of fused-ring (bicyclic) bond motifs is 1. The third-order valence-electron chi connectivity index (χ3n) is 4.23. The van der Waals surface area contributed by atoms with Gasteiger partial charge in [-0.05, 0) is 37.1 Å². The second-order valence-corrected chi connectivity index (χ2v) is 6.99. The van der Waals surface area contributed by atoms with Gasteiger partial charge in [0.05, 0.1) is 17.3 Å². The molecule has 0 unspecified atom stereocenters. The van der Waals surface area contributed by atoms with Gasteiger partial charge in [-0.25, -0.2) is 14.6 Å². The fourth-order valence-corrected chi connectivity index (χ4v) is 3.77. The lowest BCUT2D eigenvalue weighted by Gasteiger charge is -2.06. The van der Waals surface area contributed by atoms with Crippen molar-refractivity contribution in [3.8, 4) is 5.69 Å². The molecule has 0 saturated heterocycles. The minimum absolute atomic E-state index is 0.839. The monoisotopic (exact) mass is 346 g/mol. The van der Waals surface area contributed by atoms with E-state index in [1.165, 1.54) is 16.7 Å². The largest absolute Gasteiger partial charge is 0.229 e. The Morgan fingerprint density at radius 2 is 1.76 bits per heavy atom. The first-order valence-electron chi connectivity index (χ1n) is 8.15. The Morgan fingerprint density at radius 1 is 0.960 bits per heavy atom. The molecule has 0 saturated carbocycles. The van der Waals surface area contributed by atoms with Gasteiger partial charge in [0.2, 0.25) is 0 Å². The van der Waals surface area contributed by atoms with Crippen LogP contribution >= 0.6 is 11.8 Å². The number of hydrogen-bond acceptors (Lipinski definition) is 4. The summed E-state index contributed by atoms with van der Waals surface area (Å²) in [6.07, 6.45) is 3.48. The van der Waals surface area contributed by atoms with Crippen LogP contribution in [0.2, 0.25) is 0 Å². The van der Waals surface area contributed by atoms with Gasteiger partial charge in [0.15, 0.2) is 5.65 Å². The van der Waals surface area contributed by atoms with Gasteiger partial charge >= 0.3 is 0 Å². The molecule has 0 aliphatic rings. The molecular formula is C20H18N4S. The first-order valence-corrected chi connectivity index (χ1v) is 9.14. The van der Waals surface area contributed by atoms with E-state index >= 15 is 0 Å². The second-order valence-electron chi connectivity index (χ2n) is 6.02. The molecule has 2 aromatic carbocycles. The van der Waals surface area contributed by atoms with Gasteiger partial charge in [0.1, 0.15) is 11.4 Å². The molecule has 0 aliphatic heterocycles. The Labute approximate surface area is 150 Å². The zero-order valence-electron chi connectivity index (χ0n) is 14.2. The maximum atomic E-state index is 4.53. The fourth-order valence-electron chi connectivity index (χ4n) is 2.73. The summed E-state index contributed by atoms with van der Waals surface area (Å²) in [6, 6.07) is 16.7. The number of aromatic nitrogens is 4. The summed E-state index contributed by atoms with van der Waals surface area (Å²) in [5.41, 5.74) is 5.70. The Morgan fingerprint density at radius 3 is 2.56 bits per heavy atom. The van der Waals surface area contributed by atoms with Crippen molar-refractivity contribution < 1.29 is 0 Å². The van der Waals surface area contributed by atoms with Gasteiger partial charge in [-0.15, -0.1) is 11.8 Å². The van der Waals surface area contributed by atoms with E-state index in [4.69, 9.17) is 0 Å². The highest BCUT2D eigenvalue weighted by Crippen LogP contribution is 2.29. The summed E-state index contributed by atoms with van der Waals surface area (Å²) in [5.74, 6) is 0.883. The minimum atomic E-state index is 0.839. The number of aryl methyl sites for hydroxylation is 2. The predicted octanol–water partition coefficient (Wildman–Crippen LogP) is 4.72. The molecule has 4 aromatic rings. The zero-order chi connectivity index (χ0) is 17.2. The van der Waals surface area contributed by atoms with Crippen LogP contribution in [0.1, 0.15) is 16.7 Å². The maximum absolute atomic E-state index is 4.53. The molecule has 0 fully saturated rings. The summed E-state index contributed by atoms with van der Waals surface area (Å²) in [6.45, 7) is 4.22. The molecule has 2 heterocycles. The van der Waals surface area contributed by atoms with E-state index < -0.39 is 0 Å². The Kier molecular flexibility index (Phi) is 4.24. The Bertz CT molecular complexity index is 1020. The number of benzene rings is 2. The average Bonchev–Trinajstić information content (AvgIpc) is 3.06. The lowest BCUT2D eigenvalue weighted by atomic mass is 10.1. The molecule has 0 bridgehead atoms. The van der Waals surface area contributed by atoms with Crippen molar-refractivity contribution in [1.29, 1.82) is 0 Å². The molecule has 124 valence electrons. The van der Waals surface area contributed by atoms with Gasteiger partial charge in [-0.2, -0.15) is 5.10 Å². The van der Waals surface area contributed by atoms with E-state index in [0.717, 1.165) is 27.5 Å². The quantitative estimate of drug-likeness (QED) is 0.396. The standard InChI is InChI=1S/C20H18N4S/c1-14-7-9-17(10-8-14)24-19-18(11-23-24)20(22-13-21-19)25-12-16-6-4-3-5-15(16)2/h3-11,13H,12H2,1-2H3. The summed E-state index contributed by atoms with van der Waals surface area (Å²) in [4.78, 5) is 8.92. The SMILES string of the molecule is Cc1ccc(-n2ncc3c(SCc4ccccc4C)ncnc32)cc1. The lowest BCUT2D eigenvalue weighted by molar-refractivity contribution is 0.893. The number of rotatable bonds is 4. The number of hydrogen-bond donors (Lipinski definition) is 0. The van der Waals surface area contributed by atoms with Gasteiger partial charge in [0, 0.05) is 5.75 Å². The number of thioether (sulfide) groups is 1. The van der Waals surface area contributed by atoms with Crippen LogP contribution < -0.4 is 0 Å². The van der Waals surface area contributed by atoms with Crippen molar-refractivity contribution in [2.45, 2.75) is 24.6 Å². The molecule has 0 atom stereocenters. The topological polar surface area (TPSA) is 43.6 Å². The van der Waals surface area contributed by atoms with Crippen LogP contribution in [0.3, 0.4) is 0 Å². The molecule has 25 heavy (non-hydrogen) atoms. The van der Waals surface area contributed by atoms with Crippen molar-refractivity contribution in [2.75, 3.05) is 0 Å².